The molecular formula is C15H27FN2O3S. The molecule has 7 heteroatoms. The zero-order valence-corrected chi connectivity index (χ0v) is 15.1. The van der Waals surface area contributed by atoms with Gasteiger partial charge in [-0.05, 0) is 41.5 Å². The summed E-state index contributed by atoms with van der Waals surface area (Å²) in [6.45, 7) is 11.3. The third-order valence-corrected chi connectivity index (χ3v) is 4.49. The summed E-state index contributed by atoms with van der Waals surface area (Å²) in [5, 5.41) is 0. The van der Waals surface area contributed by atoms with Crippen LogP contribution in [0.2, 0.25) is 0 Å². The van der Waals surface area contributed by atoms with Crippen LogP contribution < -0.4 is 0 Å². The molecule has 1 atom stereocenters. The Morgan fingerprint density at radius 2 is 1.77 bits per heavy atom. The monoisotopic (exact) mass is 334 g/mol. The molecule has 1 aliphatic heterocycles. The van der Waals surface area contributed by atoms with Gasteiger partial charge in [0.2, 0.25) is 0 Å². The lowest BCUT2D eigenvalue weighted by atomic mass is 9.95. The molecule has 0 saturated carbocycles. The molecule has 1 unspecified atom stereocenters. The van der Waals surface area contributed by atoms with Gasteiger partial charge in [-0.15, -0.1) is 0 Å². The summed E-state index contributed by atoms with van der Waals surface area (Å²) in [7, 11) is 0. The topological polar surface area (TPSA) is 65.0 Å². The van der Waals surface area contributed by atoms with Crippen molar-refractivity contribution in [3.05, 3.63) is 0 Å². The zero-order chi connectivity index (χ0) is 17.2. The number of carbonyl (C=O) groups is 1. The van der Waals surface area contributed by atoms with Gasteiger partial charge in [0.25, 0.3) is 0 Å². The lowest BCUT2D eigenvalue weighted by molar-refractivity contribution is 0.0131. The maximum Gasteiger partial charge on any atom is 0.410 e. The van der Waals surface area contributed by atoms with E-state index in [0.29, 0.717) is 0 Å². The Morgan fingerprint density at radius 1 is 1.27 bits per heavy atom. The van der Waals surface area contributed by atoms with Gasteiger partial charge in [-0.2, -0.15) is 0 Å². The Kier molecular flexibility index (Phi) is 5.89. The van der Waals surface area contributed by atoms with Gasteiger partial charge in [-0.1, -0.05) is 4.40 Å². The minimum Gasteiger partial charge on any atom is -0.591 e. The van der Waals surface area contributed by atoms with Crippen LogP contribution in [0.1, 0.15) is 54.4 Å². The number of halogens is 1. The number of rotatable bonds is 2. The molecule has 1 rings (SSSR count). The molecular weight excluding hydrogens is 307 g/mol. The number of hydrogen-bond donors (Lipinski definition) is 0. The summed E-state index contributed by atoms with van der Waals surface area (Å²) in [5.74, 6) is 0. The van der Waals surface area contributed by atoms with Gasteiger partial charge in [0, 0.05) is 25.9 Å². The number of alkyl halides is 1. The number of hydrogen-bond acceptors (Lipinski definition) is 4. The Balaban J connectivity index is 2.57. The summed E-state index contributed by atoms with van der Waals surface area (Å²) >= 11 is -1.47. The lowest BCUT2D eigenvalue weighted by Crippen LogP contribution is -2.47. The first kappa shape index (κ1) is 19.2. The van der Waals surface area contributed by atoms with Crippen LogP contribution in [0.5, 0.6) is 0 Å². The quantitative estimate of drug-likeness (QED) is 0.575. The maximum absolute atomic E-state index is 14.6. The van der Waals surface area contributed by atoms with Crippen LogP contribution in [0.25, 0.3) is 0 Å². The van der Waals surface area contributed by atoms with E-state index in [4.69, 9.17) is 4.74 Å². The normalized spacial score (nSPS) is 21.0. The van der Waals surface area contributed by atoms with Crippen molar-refractivity contribution in [3.8, 4) is 0 Å². The van der Waals surface area contributed by atoms with Crippen LogP contribution in [-0.4, -0.2) is 50.9 Å². The summed E-state index contributed by atoms with van der Waals surface area (Å²) in [4.78, 5) is 13.4. The molecule has 1 fully saturated rings. The second-order valence-corrected chi connectivity index (χ2v) is 9.53. The van der Waals surface area contributed by atoms with Crippen molar-refractivity contribution in [2.75, 3.05) is 13.1 Å². The van der Waals surface area contributed by atoms with Crippen molar-refractivity contribution in [1.82, 2.24) is 4.90 Å². The second-order valence-electron chi connectivity index (χ2n) is 7.60. The molecule has 1 amide bonds. The zero-order valence-electron chi connectivity index (χ0n) is 14.3. The van der Waals surface area contributed by atoms with Gasteiger partial charge in [0.15, 0.2) is 5.67 Å². The largest absolute Gasteiger partial charge is 0.591 e. The summed E-state index contributed by atoms with van der Waals surface area (Å²) in [6, 6.07) is 0. The third-order valence-electron chi connectivity index (χ3n) is 3.15. The summed E-state index contributed by atoms with van der Waals surface area (Å²) in [5.41, 5.74) is -2.17. The highest BCUT2D eigenvalue weighted by atomic mass is 32.2. The molecule has 0 aromatic heterocycles. The Labute approximate surface area is 135 Å². The molecule has 1 saturated heterocycles. The van der Waals surface area contributed by atoms with Crippen LogP contribution in [0, 0.1) is 0 Å². The predicted molar refractivity (Wildman–Crippen MR) is 87.3 cm³/mol. The average Bonchev–Trinajstić information content (AvgIpc) is 2.33. The van der Waals surface area contributed by atoms with Crippen LogP contribution in [-0.2, 0) is 16.1 Å². The second kappa shape index (κ2) is 6.74. The van der Waals surface area contributed by atoms with E-state index >= 15 is 0 Å². The fourth-order valence-electron chi connectivity index (χ4n) is 1.82. The van der Waals surface area contributed by atoms with E-state index in [2.05, 4.69) is 4.40 Å². The van der Waals surface area contributed by atoms with Gasteiger partial charge in [0.1, 0.15) is 21.7 Å². The van der Waals surface area contributed by atoms with E-state index in [9.17, 15) is 13.7 Å². The van der Waals surface area contributed by atoms with Crippen LogP contribution in [0.15, 0.2) is 4.40 Å². The van der Waals surface area contributed by atoms with Gasteiger partial charge < -0.3 is 14.2 Å². The van der Waals surface area contributed by atoms with Gasteiger partial charge in [-0.3, -0.25) is 0 Å². The first-order valence-corrected chi connectivity index (χ1v) is 8.57. The average molecular weight is 334 g/mol. The lowest BCUT2D eigenvalue weighted by Gasteiger charge is -2.35. The van der Waals surface area contributed by atoms with Gasteiger partial charge >= 0.3 is 6.09 Å². The SMILES string of the molecule is CC(C)(C)OC(=O)N1CCC(F)(C=N[S+]([O-])C(C)(C)C)CC1. The molecule has 0 aromatic carbocycles. The molecule has 0 bridgehead atoms. The highest BCUT2D eigenvalue weighted by Crippen LogP contribution is 2.27. The number of nitrogens with zero attached hydrogens (tertiary/aromatic N) is 2. The smallest absolute Gasteiger partial charge is 0.410 e. The minimum atomic E-state index is -1.61. The number of piperidine rings is 1. The van der Waals surface area contributed by atoms with E-state index in [1.165, 1.54) is 4.90 Å². The van der Waals surface area contributed by atoms with Crippen LogP contribution >= 0.6 is 0 Å². The van der Waals surface area contributed by atoms with Crippen molar-refractivity contribution in [2.24, 2.45) is 4.40 Å². The maximum atomic E-state index is 14.6. The molecule has 0 aliphatic carbocycles. The van der Waals surface area contributed by atoms with Crippen molar-refractivity contribution >= 4 is 23.7 Å². The van der Waals surface area contributed by atoms with Crippen molar-refractivity contribution < 1.29 is 18.5 Å². The molecule has 22 heavy (non-hydrogen) atoms. The highest BCUT2D eigenvalue weighted by molar-refractivity contribution is 7.91. The Hall–Kier alpha value is -0.820. The third kappa shape index (κ3) is 6.12. The molecule has 0 aromatic rings. The molecule has 0 spiro atoms. The molecule has 1 aliphatic rings. The van der Waals surface area contributed by atoms with Gasteiger partial charge in [-0.25, -0.2) is 9.18 Å². The highest BCUT2D eigenvalue weighted by Gasteiger charge is 2.37. The van der Waals surface area contributed by atoms with E-state index < -0.39 is 33.5 Å². The van der Waals surface area contributed by atoms with E-state index in [1.54, 1.807) is 41.5 Å². The van der Waals surface area contributed by atoms with Crippen LogP contribution in [0.3, 0.4) is 0 Å². The van der Waals surface area contributed by atoms with Crippen molar-refractivity contribution in [3.63, 3.8) is 0 Å². The standard InChI is InChI=1S/C15H27FN2O3S/c1-13(2,3)21-12(19)18-9-7-15(16,8-10-18)11-17-22(20)14(4,5)6/h11H,7-10H2,1-6H3. The fourth-order valence-corrected chi connectivity index (χ4v) is 2.42. The van der Waals surface area contributed by atoms with E-state index in [0.717, 1.165) is 6.21 Å². The molecule has 1 heterocycles. The Morgan fingerprint density at radius 3 is 2.18 bits per heavy atom. The fraction of sp³-hybridized carbons (Fsp3) is 0.867. The van der Waals surface area contributed by atoms with Crippen LogP contribution in [0.4, 0.5) is 9.18 Å². The minimum absolute atomic E-state index is 0.136. The van der Waals surface area contributed by atoms with Gasteiger partial charge in [0.05, 0.1) is 6.21 Å². The number of likely N-dealkylation sites (tertiary alicyclic amines) is 1. The molecule has 5 nitrogen and oxygen atoms in total. The molecule has 0 N–H and O–H groups in total. The first-order valence-electron chi connectivity index (χ1n) is 7.46. The molecule has 128 valence electrons. The predicted octanol–water partition coefficient (Wildman–Crippen LogP) is 3.26. The van der Waals surface area contributed by atoms with Crippen molar-refractivity contribution in [2.45, 2.75) is 70.4 Å². The number of amides is 1. The summed E-state index contributed by atoms with van der Waals surface area (Å²) in [6.07, 6.45) is 0.999. The Bertz CT molecular complexity index is 421. The summed E-state index contributed by atoms with van der Waals surface area (Å²) < 4.78 is 35.1. The van der Waals surface area contributed by atoms with Crippen molar-refractivity contribution in [1.29, 1.82) is 0 Å². The first-order chi connectivity index (χ1) is 9.82. The van der Waals surface area contributed by atoms with E-state index in [-0.39, 0.29) is 25.9 Å². The molecule has 0 radical (unpaired) electrons. The van der Waals surface area contributed by atoms with E-state index in [1.807, 2.05) is 0 Å². The number of ether oxygens (including phenoxy) is 1. The number of carbonyl (C=O) groups excluding carboxylic acids is 1.